The van der Waals surface area contributed by atoms with Gasteiger partial charge in [-0.1, -0.05) is 221 Å². The molecule has 1 aliphatic rings. The molecule has 9 nitrogen and oxygen atoms in total. The molecule has 1 saturated heterocycles. The first-order valence-electron chi connectivity index (χ1n) is 27.8. The number of rotatable bonds is 46. The molecule has 1 amide bonds. The van der Waals surface area contributed by atoms with Gasteiger partial charge in [-0.15, -0.1) is 0 Å². The minimum Gasteiger partial charge on any atom is -0.394 e. The maximum Gasteiger partial charge on any atom is 0.220 e. The monoisotopic (exact) mass is 954 g/mol. The summed E-state index contributed by atoms with van der Waals surface area (Å²) in [6.45, 7) is 3.65. The maximum absolute atomic E-state index is 13.0. The second-order valence-corrected chi connectivity index (χ2v) is 19.0. The van der Waals surface area contributed by atoms with Gasteiger partial charge >= 0.3 is 0 Å². The third-order valence-electron chi connectivity index (χ3n) is 12.7. The number of unbranched alkanes of at least 4 members (excludes halogenated alkanes) is 24. The number of allylic oxidation sites excluding steroid dienone is 13. The number of hydrogen-bond acceptors (Lipinski definition) is 8. The predicted octanol–water partition coefficient (Wildman–Crippen LogP) is 13.5. The summed E-state index contributed by atoms with van der Waals surface area (Å²) in [7, 11) is 0. The van der Waals surface area contributed by atoms with Crippen LogP contribution in [0.1, 0.15) is 226 Å². The molecule has 7 unspecified atom stereocenters. The molecule has 0 aromatic carbocycles. The fraction of sp³-hybridized carbons (Fsp3) is 0.746. The van der Waals surface area contributed by atoms with E-state index >= 15 is 0 Å². The van der Waals surface area contributed by atoms with Gasteiger partial charge in [0.05, 0.1) is 25.4 Å². The van der Waals surface area contributed by atoms with Crippen molar-refractivity contribution >= 4 is 5.91 Å². The van der Waals surface area contributed by atoms with Crippen LogP contribution in [0.3, 0.4) is 0 Å². The Morgan fingerprint density at radius 3 is 1.41 bits per heavy atom. The fourth-order valence-electron chi connectivity index (χ4n) is 8.30. The molecular formula is C59H103NO8. The van der Waals surface area contributed by atoms with Crippen molar-refractivity contribution in [1.29, 1.82) is 0 Å². The van der Waals surface area contributed by atoms with Gasteiger partial charge in [0.25, 0.3) is 0 Å². The number of hydrogen-bond donors (Lipinski definition) is 6. The molecule has 0 saturated carbocycles. The molecule has 68 heavy (non-hydrogen) atoms. The molecule has 0 aromatic rings. The van der Waals surface area contributed by atoms with Gasteiger partial charge in [0, 0.05) is 6.42 Å². The third kappa shape index (κ3) is 37.2. The van der Waals surface area contributed by atoms with Crippen molar-refractivity contribution in [2.75, 3.05) is 13.2 Å². The van der Waals surface area contributed by atoms with Crippen LogP contribution in [0, 0.1) is 0 Å². The maximum atomic E-state index is 13.0. The van der Waals surface area contributed by atoms with Gasteiger partial charge < -0.3 is 40.3 Å². The Kier molecular flexibility index (Phi) is 44.8. The topological polar surface area (TPSA) is 149 Å². The summed E-state index contributed by atoms with van der Waals surface area (Å²) >= 11 is 0. The van der Waals surface area contributed by atoms with Crippen molar-refractivity contribution in [2.24, 2.45) is 0 Å². The molecule has 1 aliphatic heterocycles. The summed E-state index contributed by atoms with van der Waals surface area (Å²) in [6, 6.07) is -0.834. The van der Waals surface area contributed by atoms with Crippen LogP contribution in [0.4, 0.5) is 0 Å². The molecule has 0 radical (unpaired) electrons. The summed E-state index contributed by atoms with van der Waals surface area (Å²) < 4.78 is 11.2. The largest absolute Gasteiger partial charge is 0.394 e. The van der Waals surface area contributed by atoms with Gasteiger partial charge in [-0.05, 0) is 83.5 Å². The Labute approximate surface area is 416 Å². The fourth-order valence-corrected chi connectivity index (χ4v) is 8.30. The van der Waals surface area contributed by atoms with Crippen LogP contribution in [-0.2, 0) is 14.3 Å². The van der Waals surface area contributed by atoms with E-state index in [1.54, 1.807) is 6.08 Å². The Morgan fingerprint density at radius 2 is 0.926 bits per heavy atom. The summed E-state index contributed by atoms with van der Waals surface area (Å²) in [5.41, 5.74) is 0. The second kappa shape index (κ2) is 48.0. The normalized spacial score (nSPS) is 20.2. The van der Waals surface area contributed by atoms with E-state index in [0.29, 0.717) is 6.42 Å². The van der Waals surface area contributed by atoms with E-state index in [2.05, 4.69) is 92.1 Å². The number of carbonyl (C=O) groups is 1. The Morgan fingerprint density at radius 1 is 0.515 bits per heavy atom. The van der Waals surface area contributed by atoms with E-state index in [0.717, 1.165) is 70.6 Å². The quantitative estimate of drug-likeness (QED) is 0.0261. The lowest BCUT2D eigenvalue weighted by Gasteiger charge is -2.40. The smallest absolute Gasteiger partial charge is 0.220 e. The van der Waals surface area contributed by atoms with Gasteiger partial charge in [0.15, 0.2) is 6.29 Å². The Bertz CT molecular complexity index is 1340. The lowest BCUT2D eigenvalue weighted by atomic mass is 9.99. The van der Waals surface area contributed by atoms with Gasteiger partial charge in [-0.25, -0.2) is 0 Å². The average molecular weight is 954 g/mol. The highest BCUT2D eigenvalue weighted by atomic mass is 16.7. The minimum absolute atomic E-state index is 0.196. The van der Waals surface area contributed by atoms with Gasteiger partial charge in [-0.3, -0.25) is 4.79 Å². The number of aliphatic hydroxyl groups is 5. The van der Waals surface area contributed by atoms with E-state index in [1.807, 2.05) is 6.08 Å². The standard InChI is InChI=1S/C59H103NO8/c1-3-5-7-9-11-13-15-17-19-21-23-25-26-27-28-29-31-33-35-37-39-41-43-45-47-49-55(63)60-52(51-67-59-58(66)57(65)56(64)54(50-61)68-59)53(62)48-46-44-42-40-38-36-34-32-30-24-22-20-18-16-14-12-10-8-6-4-2/h5,7,11,13,17,19,23,25,30,32,38,40,46,48,52-54,56-59,61-62,64-66H,3-4,6,8-10,12,14-16,18,20-22,24,26-29,31,33-37,39,41-45,47,49-51H2,1-2H3,(H,60,63)/b7-5-,13-11-,19-17-,25-23-,32-30+,40-38+,48-46+. The first-order valence-corrected chi connectivity index (χ1v) is 27.8. The summed E-state index contributed by atoms with van der Waals surface area (Å²) in [5, 5.41) is 54.4. The highest BCUT2D eigenvalue weighted by Gasteiger charge is 2.44. The number of aliphatic hydroxyl groups excluding tert-OH is 5. The minimum atomic E-state index is -1.58. The van der Waals surface area contributed by atoms with Crippen molar-refractivity contribution < 1.29 is 39.8 Å². The molecule has 1 rings (SSSR count). The van der Waals surface area contributed by atoms with Crippen molar-refractivity contribution in [2.45, 2.75) is 269 Å². The molecule has 7 atom stereocenters. The first-order chi connectivity index (χ1) is 33.3. The highest BCUT2D eigenvalue weighted by Crippen LogP contribution is 2.23. The second-order valence-electron chi connectivity index (χ2n) is 19.0. The molecule has 9 heteroatoms. The summed E-state index contributed by atoms with van der Waals surface area (Å²) in [4.78, 5) is 13.0. The van der Waals surface area contributed by atoms with Crippen molar-refractivity contribution in [3.63, 3.8) is 0 Å². The molecule has 0 bridgehead atoms. The van der Waals surface area contributed by atoms with E-state index in [1.165, 1.54) is 135 Å². The van der Waals surface area contributed by atoms with E-state index in [-0.39, 0.29) is 12.5 Å². The lowest BCUT2D eigenvalue weighted by Crippen LogP contribution is -2.60. The van der Waals surface area contributed by atoms with E-state index < -0.39 is 49.5 Å². The lowest BCUT2D eigenvalue weighted by molar-refractivity contribution is -0.302. The van der Waals surface area contributed by atoms with Gasteiger partial charge in [0.2, 0.25) is 5.91 Å². The molecule has 0 spiro atoms. The summed E-state index contributed by atoms with van der Waals surface area (Å²) in [6.07, 6.45) is 60.7. The molecule has 0 aromatic heterocycles. The van der Waals surface area contributed by atoms with E-state index in [9.17, 15) is 30.3 Å². The molecular weight excluding hydrogens is 851 g/mol. The van der Waals surface area contributed by atoms with Crippen molar-refractivity contribution in [3.05, 3.63) is 85.1 Å². The first kappa shape index (κ1) is 63.4. The van der Waals surface area contributed by atoms with E-state index in [4.69, 9.17) is 9.47 Å². The van der Waals surface area contributed by atoms with Crippen LogP contribution >= 0.6 is 0 Å². The number of ether oxygens (including phenoxy) is 2. The highest BCUT2D eigenvalue weighted by molar-refractivity contribution is 5.76. The number of nitrogens with one attached hydrogen (secondary N) is 1. The third-order valence-corrected chi connectivity index (χ3v) is 12.7. The average Bonchev–Trinajstić information content (AvgIpc) is 3.34. The van der Waals surface area contributed by atoms with Crippen LogP contribution < -0.4 is 5.32 Å². The van der Waals surface area contributed by atoms with Crippen molar-refractivity contribution in [1.82, 2.24) is 5.32 Å². The Balaban J connectivity index is 2.28. The number of carbonyl (C=O) groups excluding carboxylic acids is 1. The van der Waals surface area contributed by atoms with Gasteiger partial charge in [-0.2, -0.15) is 0 Å². The predicted molar refractivity (Wildman–Crippen MR) is 285 cm³/mol. The van der Waals surface area contributed by atoms with Gasteiger partial charge in [0.1, 0.15) is 24.4 Å². The molecule has 1 fully saturated rings. The SMILES string of the molecule is CC/C=C\C/C=C\C/C=C\C/C=C\CCCCCCCCCCCCCCC(=O)NC(COC1OC(CO)C(O)C(O)C1O)C(O)/C=C/CC/C=C/CC/C=C/CCCCCCCCCCCC. The zero-order valence-corrected chi connectivity index (χ0v) is 43.3. The van der Waals surface area contributed by atoms with Crippen LogP contribution in [-0.4, -0.2) is 87.5 Å². The van der Waals surface area contributed by atoms with Crippen molar-refractivity contribution in [3.8, 4) is 0 Å². The van der Waals surface area contributed by atoms with Crippen LogP contribution in [0.2, 0.25) is 0 Å². The molecule has 6 N–H and O–H groups in total. The zero-order chi connectivity index (χ0) is 49.4. The Hall–Kier alpha value is -2.63. The molecule has 0 aliphatic carbocycles. The van der Waals surface area contributed by atoms with Crippen LogP contribution in [0.15, 0.2) is 85.1 Å². The van der Waals surface area contributed by atoms with Crippen LogP contribution in [0.25, 0.3) is 0 Å². The van der Waals surface area contributed by atoms with Crippen LogP contribution in [0.5, 0.6) is 0 Å². The molecule has 392 valence electrons. The molecule has 1 heterocycles. The number of amides is 1. The zero-order valence-electron chi connectivity index (χ0n) is 43.3. The summed E-state index contributed by atoms with van der Waals surface area (Å²) in [5.74, 6) is -0.196.